The normalized spacial score (nSPS) is 10.5. The lowest BCUT2D eigenvalue weighted by molar-refractivity contribution is 0.580. The maximum Gasteiger partial charge on any atom is 0.247 e. The molecular weight excluding hydrogens is 319 g/mol. The number of hydrogen-bond donors (Lipinski definition) is 1. The van der Waals surface area contributed by atoms with Gasteiger partial charge in [0.1, 0.15) is 24.0 Å². The Bertz CT molecular complexity index is 939. The van der Waals surface area contributed by atoms with Crippen molar-refractivity contribution < 1.29 is 13.2 Å². The monoisotopic (exact) mass is 329 g/mol. The van der Waals surface area contributed by atoms with E-state index < -0.39 is 17.5 Å². The summed E-state index contributed by atoms with van der Waals surface area (Å²) in [5, 5.41) is 15.6. The fourth-order valence-corrected chi connectivity index (χ4v) is 2.18. The van der Waals surface area contributed by atoms with Gasteiger partial charge in [-0.25, -0.2) is 17.9 Å². The van der Waals surface area contributed by atoms with Gasteiger partial charge in [0.2, 0.25) is 5.95 Å². The molecule has 0 saturated carbocycles. The Balaban J connectivity index is 1.93. The van der Waals surface area contributed by atoms with Crippen LogP contribution >= 0.6 is 0 Å². The lowest BCUT2D eigenvalue weighted by atomic mass is 10.1. The van der Waals surface area contributed by atoms with Crippen LogP contribution in [0.15, 0.2) is 36.7 Å². The van der Waals surface area contributed by atoms with Gasteiger partial charge in [-0.1, -0.05) is 0 Å². The second-order valence-corrected chi connectivity index (χ2v) is 5.05. The van der Waals surface area contributed by atoms with Crippen LogP contribution in [0.25, 0.3) is 5.69 Å². The van der Waals surface area contributed by atoms with Gasteiger partial charge in [0, 0.05) is 6.07 Å². The van der Waals surface area contributed by atoms with E-state index in [-0.39, 0.29) is 22.9 Å². The summed E-state index contributed by atoms with van der Waals surface area (Å²) >= 11 is 0. The van der Waals surface area contributed by atoms with E-state index in [0.717, 1.165) is 22.9 Å². The summed E-state index contributed by atoms with van der Waals surface area (Å²) < 4.78 is 41.8. The third kappa shape index (κ3) is 3.05. The number of nitrogens with zero attached hydrogens (tertiary/aromatic N) is 4. The molecule has 3 aromatic rings. The Hall–Kier alpha value is -3.34. The van der Waals surface area contributed by atoms with Crippen molar-refractivity contribution in [1.82, 2.24) is 14.8 Å². The van der Waals surface area contributed by atoms with Gasteiger partial charge in [-0.05, 0) is 36.8 Å². The van der Waals surface area contributed by atoms with Crippen molar-refractivity contribution in [2.75, 3.05) is 5.32 Å². The minimum Gasteiger partial charge on any atom is -0.320 e. The first kappa shape index (κ1) is 15.6. The molecule has 1 N–H and O–H groups in total. The highest BCUT2D eigenvalue weighted by molar-refractivity contribution is 5.59. The number of anilines is 2. The third-order valence-electron chi connectivity index (χ3n) is 3.19. The molecule has 0 atom stereocenters. The average molecular weight is 329 g/mol. The number of aryl methyl sites for hydroxylation is 1. The van der Waals surface area contributed by atoms with E-state index in [1.807, 2.05) is 0 Å². The molecule has 5 nitrogen and oxygen atoms in total. The zero-order chi connectivity index (χ0) is 17.3. The highest BCUT2D eigenvalue weighted by Gasteiger charge is 2.12. The molecule has 120 valence electrons. The van der Waals surface area contributed by atoms with Crippen LogP contribution in [0.1, 0.15) is 11.1 Å². The van der Waals surface area contributed by atoms with Gasteiger partial charge in [-0.3, -0.25) is 0 Å². The van der Waals surface area contributed by atoms with E-state index in [9.17, 15) is 13.2 Å². The first-order chi connectivity index (χ1) is 11.5. The Labute approximate surface area is 135 Å². The lowest BCUT2D eigenvalue weighted by Crippen LogP contribution is -2.01. The van der Waals surface area contributed by atoms with Crippen molar-refractivity contribution in [3.05, 3.63) is 65.2 Å². The zero-order valence-electron chi connectivity index (χ0n) is 12.4. The number of hydrogen-bond acceptors (Lipinski definition) is 4. The average Bonchev–Trinajstić information content (AvgIpc) is 2.98. The van der Waals surface area contributed by atoms with Crippen LogP contribution in [0, 0.1) is 35.7 Å². The van der Waals surface area contributed by atoms with Crippen LogP contribution in [0.5, 0.6) is 0 Å². The maximum atomic E-state index is 14.1. The molecule has 0 unspecified atom stereocenters. The largest absolute Gasteiger partial charge is 0.320 e. The molecular formula is C16H10F3N5. The van der Waals surface area contributed by atoms with E-state index in [4.69, 9.17) is 5.26 Å². The molecule has 0 fully saturated rings. The van der Waals surface area contributed by atoms with Crippen LogP contribution in [-0.4, -0.2) is 14.8 Å². The quantitative estimate of drug-likeness (QED) is 0.797. The minimum absolute atomic E-state index is 0.0214. The summed E-state index contributed by atoms with van der Waals surface area (Å²) in [7, 11) is 0. The Morgan fingerprint density at radius 2 is 1.79 bits per heavy atom. The summed E-state index contributed by atoms with van der Waals surface area (Å²) in [6.07, 6.45) is 1.23. The number of rotatable bonds is 3. The smallest absolute Gasteiger partial charge is 0.247 e. The van der Waals surface area contributed by atoms with E-state index in [1.165, 1.54) is 18.5 Å². The van der Waals surface area contributed by atoms with Crippen molar-refractivity contribution in [1.29, 1.82) is 5.26 Å². The van der Waals surface area contributed by atoms with E-state index in [0.29, 0.717) is 5.56 Å². The van der Waals surface area contributed by atoms with Gasteiger partial charge in [-0.15, -0.1) is 5.10 Å². The van der Waals surface area contributed by atoms with Gasteiger partial charge >= 0.3 is 0 Å². The SMILES string of the molecule is Cc1cc(C#N)c(F)c(Nc2ncn(-c3cc(F)cc(F)c3)n2)c1. The van der Waals surface area contributed by atoms with Crippen LogP contribution in [0.4, 0.5) is 24.8 Å². The summed E-state index contributed by atoms with van der Waals surface area (Å²) in [5.74, 6) is -2.21. The molecule has 0 amide bonds. The molecule has 0 spiro atoms. The molecule has 0 aliphatic heterocycles. The second kappa shape index (κ2) is 6.04. The summed E-state index contributed by atoms with van der Waals surface area (Å²) in [6, 6.07) is 7.59. The number of nitrogens with one attached hydrogen (secondary N) is 1. The topological polar surface area (TPSA) is 66.5 Å². The number of aromatic nitrogens is 3. The number of benzene rings is 2. The van der Waals surface area contributed by atoms with Crippen LogP contribution in [0.3, 0.4) is 0 Å². The van der Waals surface area contributed by atoms with Crippen LogP contribution in [0.2, 0.25) is 0 Å². The van der Waals surface area contributed by atoms with Gasteiger partial charge < -0.3 is 5.32 Å². The lowest BCUT2D eigenvalue weighted by Gasteiger charge is -2.06. The molecule has 24 heavy (non-hydrogen) atoms. The first-order valence-electron chi connectivity index (χ1n) is 6.81. The highest BCUT2D eigenvalue weighted by atomic mass is 19.1. The Morgan fingerprint density at radius 3 is 2.46 bits per heavy atom. The predicted octanol–water partition coefficient (Wildman–Crippen LogP) is 3.61. The highest BCUT2D eigenvalue weighted by Crippen LogP contribution is 2.23. The molecule has 0 saturated heterocycles. The van der Waals surface area contributed by atoms with Crippen LogP contribution < -0.4 is 5.32 Å². The van der Waals surface area contributed by atoms with Crippen molar-refractivity contribution in [3.8, 4) is 11.8 Å². The molecule has 8 heteroatoms. The maximum absolute atomic E-state index is 14.1. The number of nitriles is 1. The van der Waals surface area contributed by atoms with Gasteiger partial charge in [-0.2, -0.15) is 10.2 Å². The fraction of sp³-hybridized carbons (Fsp3) is 0.0625. The molecule has 0 aliphatic rings. The molecule has 1 aromatic heterocycles. The summed E-state index contributed by atoms with van der Waals surface area (Å²) in [4.78, 5) is 3.92. The second-order valence-electron chi connectivity index (χ2n) is 5.05. The molecule has 0 radical (unpaired) electrons. The molecule has 0 aliphatic carbocycles. The van der Waals surface area contributed by atoms with E-state index in [2.05, 4.69) is 15.4 Å². The summed E-state index contributed by atoms with van der Waals surface area (Å²) in [6.45, 7) is 1.72. The third-order valence-corrected chi connectivity index (χ3v) is 3.19. The van der Waals surface area contributed by atoms with Gasteiger partial charge in [0.05, 0.1) is 16.9 Å². The van der Waals surface area contributed by atoms with Gasteiger partial charge in [0.25, 0.3) is 0 Å². The van der Waals surface area contributed by atoms with E-state index in [1.54, 1.807) is 13.0 Å². The van der Waals surface area contributed by atoms with Crippen molar-refractivity contribution in [3.63, 3.8) is 0 Å². The standard InChI is InChI=1S/C16H10F3N5/c1-9-2-10(7-20)15(19)14(3-9)22-16-21-8-24(23-16)13-5-11(17)4-12(18)6-13/h2-6,8H,1H3,(H,22,23). The predicted molar refractivity (Wildman–Crippen MR) is 80.4 cm³/mol. The van der Waals surface area contributed by atoms with Crippen molar-refractivity contribution in [2.24, 2.45) is 0 Å². The zero-order valence-corrected chi connectivity index (χ0v) is 12.4. The van der Waals surface area contributed by atoms with Crippen LogP contribution in [-0.2, 0) is 0 Å². The Morgan fingerprint density at radius 1 is 1.08 bits per heavy atom. The molecule has 1 heterocycles. The molecule has 2 aromatic carbocycles. The Kier molecular flexibility index (Phi) is 3.92. The summed E-state index contributed by atoms with van der Waals surface area (Å²) in [5.41, 5.74) is 0.747. The fourth-order valence-electron chi connectivity index (χ4n) is 2.18. The first-order valence-corrected chi connectivity index (χ1v) is 6.81. The molecule has 0 bridgehead atoms. The van der Waals surface area contributed by atoms with Crippen molar-refractivity contribution in [2.45, 2.75) is 6.92 Å². The molecule has 3 rings (SSSR count). The van der Waals surface area contributed by atoms with E-state index >= 15 is 0 Å². The number of halogens is 3. The minimum atomic E-state index is -0.751. The van der Waals surface area contributed by atoms with Gasteiger partial charge in [0.15, 0.2) is 5.82 Å². The van der Waals surface area contributed by atoms with Crippen molar-refractivity contribution >= 4 is 11.6 Å².